The average molecular weight is 491 g/mol. The van der Waals surface area contributed by atoms with Gasteiger partial charge in [-0.25, -0.2) is 0 Å². The molecule has 28 heavy (non-hydrogen) atoms. The highest BCUT2D eigenvalue weighted by Crippen LogP contribution is 2.25. The summed E-state index contributed by atoms with van der Waals surface area (Å²) in [4.78, 5) is 0. The molecule has 3 aromatic rings. The van der Waals surface area contributed by atoms with Crippen LogP contribution in [0.15, 0.2) is 36.4 Å². The zero-order chi connectivity index (χ0) is 20.7. The van der Waals surface area contributed by atoms with Crippen molar-refractivity contribution in [2.45, 2.75) is 20.8 Å². The molecule has 0 unspecified atom stereocenters. The Hall–Kier alpha value is -0.535. The summed E-state index contributed by atoms with van der Waals surface area (Å²) in [5.74, 6) is 0. The highest BCUT2D eigenvalue weighted by Gasteiger charge is 2.30. The van der Waals surface area contributed by atoms with Crippen LogP contribution in [-0.2, 0) is 0 Å². The molecule has 0 amide bonds. The second kappa shape index (κ2) is 8.68. The van der Waals surface area contributed by atoms with Gasteiger partial charge in [0.1, 0.15) is 0 Å². The van der Waals surface area contributed by atoms with Crippen LogP contribution in [0.1, 0.15) is 16.7 Å². The summed E-state index contributed by atoms with van der Waals surface area (Å²) in [5, 5.41) is 3.41. The fourth-order valence-corrected chi connectivity index (χ4v) is 4.68. The largest absolute Gasteiger partial charge is 0.247 e. The van der Waals surface area contributed by atoms with Crippen molar-refractivity contribution in [2.75, 3.05) is 0 Å². The Morgan fingerprint density at radius 1 is 0.429 bits per heavy atom. The van der Waals surface area contributed by atoms with Gasteiger partial charge < -0.3 is 0 Å². The zero-order valence-electron chi connectivity index (χ0n) is 15.3. The van der Waals surface area contributed by atoms with Gasteiger partial charge in [0.05, 0.1) is 0 Å². The van der Waals surface area contributed by atoms with E-state index in [1.54, 1.807) is 18.2 Å². The predicted molar refractivity (Wildman–Crippen MR) is 128 cm³/mol. The Bertz CT molecular complexity index is 941. The van der Waals surface area contributed by atoms with Crippen molar-refractivity contribution in [3.8, 4) is 0 Å². The molecule has 144 valence electrons. The summed E-state index contributed by atoms with van der Waals surface area (Å²) >= 11 is 38.7. The molecular weight excluding hydrogens is 476 g/mol. The third-order valence-corrected chi connectivity index (χ3v) is 6.97. The number of aryl methyl sites for hydroxylation is 3. The molecule has 7 heteroatoms. The molecule has 0 bridgehead atoms. The van der Waals surface area contributed by atoms with E-state index in [-0.39, 0.29) is 6.71 Å². The number of hydrogen-bond acceptors (Lipinski definition) is 0. The van der Waals surface area contributed by atoms with E-state index < -0.39 is 0 Å². The van der Waals surface area contributed by atoms with E-state index in [0.29, 0.717) is 30.1 Å². The molecule has 0 atom stereocenters. The first-order valence-corrected chi connectivity index (χ1v) is 10.7. The zero-order valence-corrected chi connectivity index (χ0v) is 19.8. The van der Waals surface area contributed by atoms with E-state index in [4.69, 9.17) is 69.6 Å². The van der Waals surface area contributed by atoms with Crippen LogP contribution in [0, 0.1) is 20.8 Å². The first kappa shape index (κ1) is 22.2. The summed E-state index contributed by atoms with van der Waals surface area (Å²) in [6.45, 7) is 5.49. The minimum atomic E-state index is -0.310. The van der Waals surface area contributed by atoms with Crippen LogP contribution < -0.4 is 16.4 Å². The van der Waals surface area contributed by atoms with Crippen molar-refractivity contribution in [1.29, 1.82) is 0 Å². The maximum absolute atomic E-state index is 6.62. The summed E-state index contributed by atoms with van der Waals surface area (Å²) in [6.07, 6.45) is 0. The number of halogens is 6. The van der Waals surface area contributed by atoms with Gasteiger partial charge >= 0.3 is 0 Å². The van der Waals surface area contributed by atoms with E-state index in [1.807, 2.05) is 39.0 Å². The third kappa shape index (κ3) is 4.31. The van der Waals surface area contributed by atoms with Crippen molar-refractivity contribution in [3.63, 3.8) is 0 Å². The molecule has 0 aliphatic rings. The lowest BCUT2D eigenvalue weighted by Gasteiger charge is -2.22. The van der Waals surface area contributed by atoms with E-state index in [9.17, 15) is 0 Å². The molecule has 0 heterocycles. The van der Waals surface area contributed by atoms with Gasteiger partial charge in [-0.15, -0.1) is 0 Å². The van der Waals surface area contributed by atoms with E-state index in [0.717, 1.165) is 33.1 Å². The minimum Gasteiger partial charge on any atom is -0.0848 e. The maximum Gasteiger partial charge on any atom is 0.247 e. The summed E-state index contributed by atoms with van der Waals surface area (Å²) in [5.41, 5.74) is 5.31. The minimum absolute atomic E-state index is 0.310. The molecule has 0 nitrogen and oxygen atoms in total. The Labute approximate surface area is 195 Å². The molecule has 0 aromatic heterocycles. The summed E-state index contributed by atoms with van der Waals surface area (Å²) < 4.78 is 0. The van der Waals surface area contributed by atoms with E-state index in [1.165, 1.54) is 0 Å². The van der Waals surface area contributed by atoms with Gasteiger partial charge in [-0.3, -0.25) is 0 Å². The Kier molecular flexibility index (Phi) is 6.87. The Balaban J connectivity index is 2.38. The van der Waals surface area contributed by atoms with Gasteiger partial charge in [-0.05, 0) is 72.0 Å². The second-order valence-electron chi connectivity index (χ2n) is 6.80. The van der Waals surface area contributed by atoms with Crippen molar-refractivity contribution in [3.05, 3.63) is 83.2 Å². The van der Waals surface area contributed by atoms with Gasteiger partial charge in [0.15, 0.2) is 0 Å². The second-order valence-corrected chi connectivity index (χ2v) is 9.24. The number of rotatable bonds is 3. The van der Waals surface area contributed by atoms with E-state index >= 15 is 0 Å². The average Bonchev–Trinajstić information content (AvgIpc) is 2.61. The lowest BCUT2D eigenvalue weighted by molar-refractivity contribution is 1.47. The smallest absolute Gasteiger partial charge is 0.0848 e. The van der Waals surface area contributed by atoms with E-state index in [2.05, 4.69) is 0 Å². The van der Waals surface area contributed by atoms with Crippen LogP contribution in [0.5, 0.6) is 0 Å². The van der Waals surface area contributed by atoms with Gasteiger partial charge in [0, 0.05) is 30.1 Å². The molecule has 0 aliphatic heterocycles. The molecule has 0 N–H and O–H groups in total. The van der Waals surface area contributed by atoms with Gasteiger partial charge in [-0.2, -0.15) is 0 Å². The molecule has 0 saturated carbocycles. The highest BCUT2D eigenvalue weighted by atomic mass is 35.5. The molecule has 0 fully saturated rings. The fraction of sp³-hybridized carbons (Fsp3) is 0.143. The fourth-order valence-electron chi connectivity index (χ4n) is 3.20. The topological polar surface area (TPSA) is 0 Å². The maximum atomic E-state index is 6.62. The normalized spacial score (nSPS) is 11.0. The van der Waals surface area contributed by atoms with Crippen molar-refractivity contribution in [2.24, 2.45) is 0 Å². The lowest BCUT2D eigenvalue weighted by Crippen LogP contribution is -2.53. The monoisotopic (exact) mass is 488 g/mol. The molecule has 0 radical (unpaired) electrons. The van der Waals surface area contributed by atoms with Crippen LogP contribution in [0.25, 0.3) is 0 Å². The van der Waals surface area contributed by atoms with Gasteiger partial charge in [0.2, 0.25) is 6.71 Å². The van der Waals surface area contributed by atoms with Gasteiger partial charge in [0.25, 0.3) is 0 Å². The standard InChI is InChI=1S/C21H15BCl6/c1-10-4-13(19(26)7-16(10)23)22(14-5-11(2)17(24)8-20(14)27)15-6-12(3)18(25)9-21(15)28/h4-9H,1-3H3. The van der Waals surface area contributed by atoms with Crippen LogP contribution in [-0.4, -0.2) is 6.71 Å². The molecule has 0 spiro atoms. The van der Waals surface area contributed by atoms with Crippen LogP contribution in [0.2, 0.25) is 30.1 Å². The first-order chi connectivity index (χ1) is 13.1. The quantitative estimate of drug-likeness (QED) is 0.345. The van der Waals surface area contributed by atoms with Crippen LogP contribution >= 0.6 is 69.6 Å². The summed E-state index contributed by atoms with van der Waals surface area (Å²) in [7, 11) is 0. The SMILES string of the molecule is Cc1cc(B(c2cc(C)c(Cl)cc2Cl)c2cc(C)c(Cl)cc2Cl)c(Cl)cc1Cl. The molecule has 3 rings (SSSR count). The number of benzene rings is 3. The predicted octanol–water partition coefficient (Wildman–Crippen LogP) is 7.05. The Morgan fingerprint density at radius 3 is 0.929 bits per heavy atom. The Morgan fingerprint density at radius 2 is 0.679 bits per heavy atom. The van der Waals surface area contributed by atoms with Crippen molar-refractivity contribution in [1.82, 2.24) is 0 Å². The van der Waals surface area contributed by atoms with Gasteiger partial charge in [-0.1, -0.05) is 87.8 Å². The first-order valence-electron chi connectivity index (χ1n) is 8.46. The van der Waals surface area contributed by atoms with Crippen LogP contribution in [0.3, 0.4) is 0 Å². The molecule has 0 aliphatic carbocycles. The third-order valence-electron chi connectivity index (χ3n) is 4.77. The summed E-state index contributed by atoms with van der Waals surface area (Å²) in [6, 6.07) is 11.1. The van der Waals surface area contributed by atoms with Crippen molar-refractivity contribution < 1.29 is 0 Å². The number of hydrogen-bond donors (Lipinski definition) is 0. The molecular formula is C21H15BCl6. The molecule has 3 aromatic carbocycles. The van der Waals surface area contributed by atoms with Crippen LogP contribution in [0.4, 0.5) is 0 Å². The highest BCUT2D eigenvalue weighted by molar-refractivity contribution is 6.98. The van der Waals surface area contributed by atoms with Crippen molar-refractivity contribution >= 4 is 92.7 Å². The molecule has 0 saturated heterocycles. The lowest BCUT2D eigenvalue weighted by atomic mass is 9.36.